The Balaban J connectivity index is 2.28. The largest absolute Gasteiger partial charge is 0.379 e. The molecule has 0 bridgehead atoms. The molecule has 1 aliphatic rings. The van der Waals surface area contributed by atoms with E-state index in [0.29, 0.717) is 12.4 Å². The molecule has 0 aliphatic carbocycles. The first kappa shape index (κ1) is 9.16. The maximum atomic E-state index is 10.8. The van der Waals surface area contributed by atoms with E-state index in [1.54, 1.807) is 6.26 Å². The van der Waals surface area contributed by atoms with Crippen LogP contribution in [0.3, 0.4) is 0 Å². The summed E-state index contributed by atoms with van der Waals surface area (Å²) < 4.78 is 15.9. The van der Waals surface area contributed by atoms with E-state index >= 15 is 0 Å². The summed E-state index contributed by atoms with van der Waals surface area (Å²) in [4.78, 5) is 0. The lowest BCUT2D eigenvalue weighted by Crippen LogP contribution is -2.41. The van der Waals surface area contributed by atoms with E-state index in [0.717, 1.165) is 19.4 Å². The van der Waals surface area contributed by atoms with Gasteiger partial charge in [0, 0.05) is 35.0 Å². The predicted octanol–water partition coefficient (Wildman–Crippen LogP) is -0.127. The number of hydrogen-bond acceptors (Lipinski definition) is 3. The zero-order valence-electron chi connectivity index (χ0n) is 6.84. The summed E-state index contributed by atoms with van der Waals surface area (Å²) in [5, 5.41) is 0. The lowest BCUT2D eigenvalue weighted by Gasteiger charge is -2.20. The first-order valence-corrected chi connectivity index (χ1v) is 5.52. The van der Waals surface area contributed by atoms with Gasteiger partial charge in [0.05, 0.1) is 6.61 Å². The van der Waals surface area contributed by atoms with Gasteiger partial charge in [-0.1, -0.05) is 0 Å². The molecule has 4 heteroatoms. The first-order valence-electron chi connectivity index (χ1n) is 3.79. The Hall–Kier alpha value is 0.0700. The van der Waals surface area contributed by atoms with E-state index in [1.165, 1.54) is 0 Å². The van der Waals surface area contributed by atoms with Gasteiger partial charge in [-0.15, -0.1) is 0 Å². The summed E-state index contributed by atoms with van der Waals surface area (Å²) in [6, 6.07) is 0. The molecule has 0 saturated carbocycles. The van der Waals surface area contributed by atoms with Gasteiger partial charge in [-0.25, -0.2) is 0 Å². The minimum absolute atomic E-state index is 0.189. The maximum Gasteiger partial charge on any atom is 0.0647 e. The monoisotopic (exact) mass is 177 g/mol. The molecule has 0 aromatic carbocycles. The normalized spacial score (nSPS) is 34.0. The van der Waals surface area contributed by atoms with Crippen LogP contribution in [-0.2, 0) is 15.5 Å². The Kier molecular flexibility index (Phi) is 3.04. The van der Waals surface area contributed by atoms with Crippen molar-refractivity contribution in [2.75, 3.05) is 25.2 Å². The van der Waals surface area contributed by atoms with E-state index in [9.17, 15) is 4.21 Å². The number of ether oxygens (including phenoxy) is 1. The van der Waals surface area contributed by atoms with Crippen LogP contribution in [0.4, 0.5) is 0 Å². The molecule has 2 unspecified atom stereocenters. The molecule has 0 aromatic rings. The van der Waals surface area contributed by atoms with Gasteiger partial charge in [-0.3, -0.25) is 4.21 Å². The molecule has 3 nitrogen and oxygen atoms in total. The topological polar surface area (TPSA) is 52.3 Å². The van der Waals surface area contributed by atoms with Crippen LogP contribution in [0.2, 0.25) is 0 Å². The molecule has 2 atom stereocenters. The van der Waals surface area contributed by atoms with E-state index in [2.05, 4.69) is 0 Å². The Morgan fingerprint density at radius 3 is 2.91 bits per heavy atom. The first-order chi connectivity index (χ1) is 5.12. The highest BCUT2D eigenvalue weighted by Crippen LogP contribution is 2.19. The van der Waals surface area contributed by atoms with Crippen molar-refractivity contribution in [3.05, 3.63) is 0 Å². The molecule has 0 spiro atoms. The van der Waals surface area contributed by atoms with Crippen LogP contribution in [0.15, 0.2) is 0 Å². The van der Waals surface area contributed by atoms with Gasteiger partial charge >= 0.3 is 0 Å². The molecule has 0 amide bonds. The molecule has 1 fully saturated rings. The summed E-state index contributed by atoms with van der Waals surface area (Å²) in [5.41, 5.74) is 5.76. The summed E-state index contributed by atoms with van der Waals surface area (Å²) in [6.45, 7) is 1.39. The second kappa shape index (κ2) is 3.65. The quantitative estimate of drug-likeness (QED) is 0.653. The fraction of sp³-hybridized carbons (Fsp3) is 1.00. The maximum absolute atomic E-state index is 10.8. The zero-order valence-corrected chi connectivity index (χ0v) is 7.65. The van der Waals surface area contributed by atoms with E-state index in [4.69, 9.17) is 10.5 Å². The van der Waals surface area contributed by atoms with Crippen molar-refractivity contribution in [3.63, 3.8) is 0 Å². The minimum Gasteiger partial charge on any atom is -0.379 e. The molecule has 1 saturated heterocycles. The van der Waals surface area contributed by atoms with Gasteiger partial charge in [0.25, 0.3) is 0 Å². The molecule has 11 heavy (non-hydrogen) atoms. The second-order valence-electron chi connectivity index (χ2n) is 3.19. The van der Waals surface area contributed by atoms with Crippen LogP contribution in [-0.4, -0.2) is 35.0 Å². The lowest BCUT2D eigenvalue weighted by molar-refractivity contribution is 0.177. The van der Waals surface area contributed by atoms with Crippen molar-refractivity contribution in [2.24, 2.45) is 5.73 Å². The van der Waals surface area contributed by atoms with Crippen molar-refractivity contribution in [1.29, 1.82) is 0 Å². The molecule has 66 valence electrons. The van der Waals surface area contributed by atoms with Crippen molar-refractivity contribution < 1.29 is 8.95 Å². The van der Waals surface area contributed by atoms with Crippen LogP contribution in [0.1, 0.15) is 12.8 Å². The van der Waals surface area contributed by atoms with Crippen molar-refractivity contribution in [3.8, 4) is 0 Å². The lowest BCUT2D eigenvalue weighted by atomic mass is 9.97. The SMILES string of the molecule is CS(=O)CCC1(N)CCOC1. The van der Waals surface area contributed by atoms with Gasteiger partial charge in [-0.05, 0) is 12.8 Å². The predicted molar refractivity (Wildman–Crippen MR) is 45.9 cm³/mol. The molecule has 1 heterocycles. The van der Waals surface area contributed by atoms with Crippen molar-refractivity contribution >= 4 is 10.8 Å². The molecule has 0 aromatic heterocycles. The summed E-state index contributed by atoms with van der Waals surface area (Å²) in [6.07, 6.45) is 3.43. The third-order valence-corrected chi connectivity index (χ3v) is 2.80. The number of hydrogen-bond donors (Lipinski definition) is 1. The minimum atomic E-state index is -0.723. The van der Waals surface area contributed by atoms with Crippen LogP contribution in [0.25, 0.3) is 0 Å². The Morgan fingerprint density at radius 1 is 1.73 bits per heavy atom. The average Bonchev–Trinajstić information content (AvgIpc) is 2.33. The van der Waals surface area contributed by atoms with Gasteiger partial charge in [-0.2, -0.15) is 0 Å². The zero-order chi connectivity index (χ0) is 8.32. The summed E-state index contributed by atoms with van der Waals surface area (Å²) in [5.74, 6) is 0.694. The average molecular weight is 177 g/mol. The van der Waals surface area contributed by atoms with Crippen molar-refractivity contribution in [1.82, 2.24) is 0 Å². The van der Waals surface area contributed by atoms with Crippen LogP contribution in [0, 0.1) is 0 Å². The van der Waals surface area contributed by atoms with Crippen molar-refractivity contribution in [2.45, 2.75) is 18.4 Å². The van der Waals surface area contributed by atoms with Crippen LogP contribution >= 0.6 is 0 Å². The second-order valence-corrected chi connectivity index (χ2v) is 4.75. The van der Waals surface area contributed by atoms with E-state index < -0.39 is 10.8 Å². The molecule has 1 rings (SSSR count). The van der Waals surface area contributed by atoms with E-state index in [-0.39, 0.29) is 5.54 Å². The van der Waals surface area contributed by atoms with Crippen LogP contribution in [0.5, 0.6) is 0 Å². The van der Waals surface area contributed by atoms with Gasteiger partial charge < -0.3 is 10.5 Å². The van der Waals surface area contributed by atoms with Gasteiger partial charge in [0.2, 0.25) is 0 Å². The third-order valence-electron chi connectivity index (χ3n) is 2.02. The standard InChI is InChI=1S/C7H15NO2S/c1-11(9)5-3-7(8)2-4-10-6-7/h2-6,8H2,1H3. The Morgan fingerprint density at radius 2 is 2.45 bits per heavy atom. The molecule has 1 aliphatic heterocycles. The smallest absolute Gasteiger partial charge is 0.0647 e. The third kappa shape index (κ3) is 2.89. The summed E-state index contributed by atoms with van der Waals surface area (Å²) >= 11 is 0. The highest BCUT2D eigenvalue weighted by molar-refractivity contribution is 7.84. The molecule has 2 N–H and O–H groups in total. The van der Waals surface area contributed by atoms with Crippen LogP contribution < -0.4 is 5.73 Å². The Labute approximate surface area is 69.8 Å². The van der Waals surface area contributed by atoms with E-state index in [1.807, 2.05) is 0 Å². The molecule has 0 radical (unpaired) electrons. The number of rotatable bonds is 3. The highest BCUT2D eigenvalue weighted by atomic mass is 32.2. The molecular formula is C7H15NO2S. The fourth-order valence-corrected chi connectivity index (χ4v) is 1.86. The van der Waals surface area contributed by atoms with Gasteiger partial charge in [0.15, 0.2) is 0 Å². The summed E-state index contributed by atoms with van der Waals surface area (Å²) in [7, 11) is -0.723. The highest BCUT2D eigenvalue weighted by Gasteiger charge is 2.29. The fourth-order valence-electron chi connectivity index (χ4n) is 1.17. The Bertz CT molecular complexity index is 155. The van der Waals surface area contributed by atoms with Gasteiger partial charge in [0.1, 0.15) is 0 Å². The molecular weight excluding hydrogens is 162 g/mol. The number of nitrogens with two attached hydrogens (primary N) is 1.